The van der Waals surface area contributed by atoms with Crippen molar-refractivity contribution in [2.24, 2.45) is 0 Å². The molecule has 0 spiro atoms. The van der Waals surface area contributed by atoms with Crippen molar-refractivity contribution in [3.05, 3.63) is 0 Å². The van der Waals surface area contributed by atoms with E-state index in [0.29, 0.717) is 6.54 Å². The van der Waals surface area contributed by atoms with Gasteiger partial charge >= 0.3 is 0 Å². The number of ether oxygens (including phenoxy) is 1. The zero-order chi connectivity index (χ0) is 11.5. The number of carbonyl (C=O) groups is 2. The van der Waals surface area contributed by atoms with Crippen molar-refractivity contribution in [2.45, 2.75) is 38.3 Å². The number of amides is 2. The van der Waals surface area contributed by atoms with Crippen LogP contribution in [0.3, 0.4) is 0 Å². The first kappa shape index (κ1) is 11.4. The Morgan fingerprint density at radius 3 is 3.00 bits per heavy atom. The van der Waals surface area contributed by atoms with Crippen LogP contribution in [0.4, 0.5) is 0 Å². The third kappa shape index (κ3) is 2.35. The van der Waals surface area contributed by atoms with Gasteiger partial charge in [0, 0.05) is 13.2 Å². The summed E-state index contributed by atoms with van der Waals surface area (Å²) in [5, 5.41) is 2.58. The van der Waals surface area contributed by atoms with Gasteiger partial charge < -0.3 is 15.0 Å². The third-order valence-corrected chi connectivity index (χ3v) is 3.30. The maximum Gasteiger partial charge on any atom is 0.242 e. The highest BCUT2D eigenvalue weighted by molar-refractivity contribution is 5.94. The predicted octanol–water partition coefficient (Wildman–Crippen LogP) is -0.0976. The number of carbonyl (C=O) groups excluding carboxylic acids is 2. The smallest absolute Gasteiger partial charge is 0.242 e. The molecule has 90 valence electrons. The lowest BCUT2D eigenvalue weighted by Crippen LogP contribution is -2.57. The Kier molecular flexibility index (Phi) is 3.43. The Balaban J connectivity index is 1.86. The van der Waals surface area contributed by atoms with Crippen LogP contribution in [0.25, 0.3) is 0 Å². The zero-order valence-electron chi connectivity index (χ0n) is 9.57. The molecule has 2 aliphatic heterocycles. The van der Waals surface area contributed by atoms with Gasteiger partial charge in [-0.3, -0.25) is 9.59 Å². The van der Waals surface area contributed by atoms with Crippen LogP contribution in [-0.4, -0.2) is 48.6 Å². The summed E-state index contributed by atoms with van der Waals surface area (Å²) >= 11 is 0. The first-order valence-electron chi connectivity index (χ1n) is 5.87. The molecule has 2 atom stereocenters. The molecule has 16 heavy (non-hydrogen) atoms. The standard InChI is InChI=1S/C11H18N2O3/c1-8-11(15)12-7-10(14)13(8)5-4-9-3-2-6-16-9/h8-9H,2-7H2,1H3,(H,12,15). The van der Waals surface area contributed by atoms with Gasteiger partial charge in [-0.15, -0.1) is 0 Å². The van der Waals surface area contributed by atoms with Gasteiger partial charge in [-0.25, -0.2) is 0 Å². The lowest BCUT2D eigenvalue weighted by atomic mass is 10.1. The molecule has 0 aromatic carbocycles. The maximum absolute atomic E-state index is 11.6. The number of nitrogens with zero attached hydrogens (tertiary/aromatic N) is 1. The van der Waals surface area contributed by atoms with Gasteiger partial charge in [0.05, 0.1) is 12.6 Å². The first-order valence-corrected chi connectivity index (χ1v) is 5.87. The Bertz CT molecular complexity index is 287. The number of nitrogens with one attached hydrogen (secondary N) is 1. The van der Waals surface area contributed by atoms with Crippen LogP contribution in [0.1, 0.15) is 26.2 Å². The van der Waals surface area contributed by atoms with Crippen LogP contribution in [0.5, 0.6) is 0 Å². The lowest BCUT2D eigenvalue weighted by molar-refractivity contribution is -0.145. The molecule has 2 rings (SSSR count). The van der Waals surface area contributed by atoms with Gasteiger partial charge in [0.25, 0.3) is 0 Å². The number of rotatable bonds is 3. The molecule has 5 nitrogen and oxygen atoms in total. The summed E-state index contributed by atoms with van der Waals surface area (Å²) in [4.78, 5) is 24.7. The lowest BCUT2D eigenvalue weighted by Gasteiger charge is -2.33. The van der Waals surface area contributed by atoms with E-state index in [4.69, 9.17) is 4.74 Å². The summed E-state index contributed by atoms with van der Waals surface area (Å²) in [5.74, 6) is -0.0583. The average Bonchev–Trinajstić information content (AvgIpc) is 2.77. The second-order valence-corrected chi connectivity index (χ2v) is 4.40. The van der Waals surface area contributed by atoms with Crippen molar-refractivity contribution < 1.29 is 14.3 Å². The molecule has 0 aromatic heterocycles. The van der Waals surface area contributed by atoms with Crippen molar-refractivity contribution >= 4 is 11.8 Å². The van der Waals surface area contributed by atoms with Crippen LogP contribution in [0.2, 0.25) is 0 Å². The van der Waals surface area contributed by atoms with Gasteiger partial charge in [-0.05, 0) is 26.2 Å². The van der Waals surface area contributed by atoms with Gasteiger partial charge in [0.2, 0.25) is 11.8 Å². The Morgan fingerprint density at radius 2 is 2.31 bits per heavy atom. The highest BCUT2D eigenvalue weighted by Crippen LogP contribution is 2.17. The van der Waals surface area contributed by atoms with Gasteiger partial charge in [-0.2, -0.15) is 0 Å². The summed E-state index contributed by atoms with van der Waals surface area (Å²) in [6, 6.07) is -0.345. The predicted molar refractivity (Wildman–Crippen MR) is 57.8 cm³/mol. The van der Waals surface area contributed by atoms with Crippen LogP contribution in [0, 0.1) is 0 Å². The van der Waals surface area contributed by atoms with E-state index in [1.165, 1.54) is 0 Å². The molecule has 0 aliphatic carbocycles. The molecule has 0 aromatic rings. The second-order valence-electron chi connectivity index (χ2n) is 4.40. The van der Waals surface area contributed by atoms with Gasteiger partial charge in [0.15, 0.2) is 0 Å². The molecule has 2 aliphatic rings. The molecule has 2 unspecified atom stereocenters. The normalized spacial score (nSPS) is 30.7. The van der Waals surface area contributed by atoms with Crippen molar-refractivity contribution in [3.8, 4) is 0 Å². The summed E-state index contributed by atoms with van der Waals surface area (Å²) < 4.78 is 5.50. The van der Waals surface area contributed by atoms with E-state index in [1.807, 2.05) is 0 Å². The maximum atomic E-state index is 11.6. The summed E-state index contributed by atoms with van der Waals surface area (Å²) in [6.45, 7) is 3.35. The molecule has 2 amide bonds. The molecular weight excluding hydrogens is 208 g/mol. The Morgan fingerprint density at radius 1 is 1.50 bits per heavy atom. The average molecular weight is 226 g/mol. The van der Waals surface area contributed by atoms with Crippen LogP contribution < -0.4 is 5.32 Å². The molecule has 2 heterocycles. The minimum absolute atomic E-state index is 0.00472. The van der Waals surface area contributed by atoms with Crippen molar-refractivity contribution in [1.29, 1.82) is 0 Å². The van der Waals surface area contributed by atoms with E-state index in [9.17, 15) is 9.59 Å². The fourth-order valence-electron chi connectivity index (χ4n) is 2.24. The number of hydrogen-bond acceptors (Lipinski definition) is 3. The van der Waals surface area contributed by atoms with E-state index in [1.54, 1.807) is 11.8 Å². The van der Waals surface area contributed by atoms with Crippen molar-refractivity contribution in [3.63, 3.8) is 0 Å². The second kappa shape index (κ2) is 4.82. The monoisotopic (exact) mass is 226 g/mol. The molecule has 0 radical (unpaired) electrons. The molecular formula is C11H18N2O3. The SMILES string of the molecule is CC1C(=O)NCC(=O)N1CCC1CCCO1. The molecule has 2 saturated heterocycles. The topological polar surface area (TPSA) is 58.6 Å². The minimum atomic E-state index is -0.345. The minimum Gasteiger partial charge on any atom is -0.378 e. The van der Waals surface area contributed by atoms with E-state index in [2.05, 4.69) is 5.32 Å². The zero-order valence-corrected chi connectivity index (χ0v) is 9.57. The summed E-state index contributed by atoms with van der Waals surface area (Å²) in [7, 11) is 0. The number of piperazine rings is 1. The number of hydrogen-bond donors (Lipinski definition) is 1. The Labute approximate surface area is 95.1 Å². The van der Waals surface area contributed by atoms with Crippen molar-refractivity contribution in [2.75, 3.05) is 19.7 Å². The highest BCUT2D eigenvalue weighted by atomic mass is 16.5. The van der Waals surface area contributed by atoms with Gasteiger partial charge in [-0.1, -0.05) is 0 Å². The van der Waals surface area contributed by atoms with E-state index in [-0.39, 0.29) is 30.5 Å². The summed E-state index contributed by atoms with van der Waals surface area (Å²) in [6.07, 6.45) is 3.28. The fraction of sp³-hybridized carbons (Fsp3) is 0.818. The molecule has 0 bridgehead atoms. The molecule has 5 heteroatoms. The Hall–Kier alpha value is -1.10. The largest absolute Gasteiger partial charge is 0.378 e. The molecule has 1 N–H and O–H groups in total. The molecule has 2 fully saturated rings. The quantitative estimate of drug-likeness (QED) is 0.731. The van der Waals surface area contributed by atoms with E-state index in [0.717, 1.165) is 25.9 Å². The third-order valence-electron chi connectivity index (χ3n) is 3.30. The van der Waals surface area contributed by atoms with Crippen molar-refractivity contribution in [1.82, 2.24) is 10.2 Å². The highest BCUT2D eigenvalue weighted by Gasteiger charge is 2.31. The molecule has 0 saturated carbocycles. The van der Waals surface area contributed by atoms with Crippen LogP contribution >= 0.6 is 0 Å². The summed E-state index contributed by atoms with van der Waals surface area (Å²) in [5.41, 5.74) is 0. The van der Waals surface area contributed by atoms with E-state index < -0.39 is 0 Å². The van der Waals surface area contributed by atoms with Crippen LogP contribution in [0.15, 0.2) is 0 Å². The fourth-order valence-corrected chi connectivity index (χ4v) is 2.24. The van der Waals surface area contributed by atoms with Gasteiger partial charge in [0.1, 0.15) is 6.04 Å². The van der Waals surface area contributed by atoms with E-state index >= 15 is 0 Å². The first-order chi connectivity index (χ1) is 7.68. The van der Waals surface area contributed by atoms with Crippen LogP contribution in [-0.2, 0) is 14.3 Å².